The molecule has 0 unspecified atom stereocenters. The molecule has 0 aromatic rings. The van der Waals surface area contributed by atoms with Crippen LogP contribution in [0.1, 0.15) is 34.1 Å². The second-order valence-electron chi connectivity index (χ2n) is 6.99. The average molecular weight is 289 g/mol. The lowest BCUT2D eigenvalue weighted by Crippen LogP contribution is -2.49. The van der Waals surface area contributed by atoms with Gasteiger partial charge in [0.25, 0.3) is 0 Å². The first kappa shape index (κ1) is 16.1. The Bertz CT molecular complexity index is 324. The fourth-order valence-electron chi connectivity index (χ4n) is 2.40. The molecule has 2 aliphatic heterocycles. The molecule has 0 spiro atoms. The predicted octanol–water partition coefficient (Wildman–Crippen LogP) is 0.615. The van der Waals surface area contributed by atoms with Crippen molar-refractivity contribution in [1.29, 1.82) is 0 Å². The van der Waals surface area contributed by atoms with Crippen LogP contribution in [0.3, 0.4) is 0 Å². The Morgan fingerprint density at radius 3 is 2.30 bits per heavy atom. The van der Waals surface area contributed by atoms with Gasteiger partial charge >= 0.3 is 0 Å². The van der Waals surface area contributed by atoms with Crippen molar-refractivity contribution < 1.29 is 24.1 Å². The zero-order chi connectivity index (χ0) is 15.0. The Balaban J connectivity index is 1.78. The van der Waals surface area contributed by atoms with Gasteiger partial charge in [-0.05, 0) is 20.3 Å². The van der Waals surface area contributed by atoms with Crippen LogP contribution in [-0.2, 0) is 18.9 Å². The highest BCUT2D eigenvalue weighted by Gasteiger charge is 2.39. The minimum atomic E-state index is -0.686. The van der Waals surface area contributed by atoms with E-state index in [0.717, 1.165) is 0 Å². The van der Waals surface area contributed by atoms with Crippen molar-refractivity contribution in [1.82, 2.24) is 0 Å². The van der Waals surface area contributed by atoms with Crippen LogP contribution in [0.4, 0.5) is 0 Å². The van der Waals surface area contributed by atoms with Crippen molar-refractivity contribution in [3.8, 4) is 0 Å². The molecule has 2 heterocycles. The normalized spacial score (nSPS) is 33.0. The number of aliphatic hydroxyl groups is 1. The van der Waals surface area contributed by atoms with Crippen molar-refractivity contribution >= 4 is 0 Å². The van der Waals surface area contributed by atoms with Crippen molar-refractivity contribution in [2.75, 3.05) is 19.8 Å². The Morgan fingerprint density at radius 1 is 1.20 bits per heavy atom. The maximum atomic E-state index is 10.2. The summed E-state index contributed by atoms with van der Waals surface area (Å²) >= 11 is 0. The summed E-state index contributed by atoms with van der Waals surface area (Å²) in [7, 11) is 0. The molecule has 2 saturated heterocycles. The number of aliphatic hydroxyl groups excluding tert-OH is 1. The second-order valence-corrected chi connectivity index (χ2v) is 6.99. The van der Waals surface area contributed by atoms with Gasteiger partial charge in [0, 0.05) is 5.41 Å². The van der Waals surface area contributed by atoms with Crippen LogP contribution in [0.15, 0.2) is 0 Å². The monoisotopic (exact) mass is 289 g/mol. The molecule has 20 heavy (non-hydrogen) atoms. The lowest BCUT2D eigenvalue weighted by molar-refractivity contribution is -0.233. The molecule has 0 saturated carbocycles. The molecule has 0 aromatic heterocycles. The molecule has 0 radical (unpaired) electrons. The van der Waals surface area contributed by atoms with E-state index in [9.17, 15) is 5.11 Å². The van der Waals surface area contributed by atoms with E-state index in [1.54, 1.807) is 0 Å². The summed E-state index contributed by atoms with van der Waals surface area (Å²) in [5.74, 6) is -0.641. The summed E-state index contributed by atoms with van der Waals surface area (Å²) in [6.07, 6.45) is -1.15. The van der Waals surface area contributed by atoms with Crippen LogP contribution in [0.5, 0.6) is 0 Å². The SMILES string of the molecule is CC1(C)COC([C@H](N)C[C@H](O)[C@H]2COC(C)(C)O2)OC1. The van der Waals surface area contributed by atoms with Crippen LogP contribution >= 0.6 is 0 Å². The number of hydrogen-bond acceptors (Lipinski definition) is 6. The molecule has 118 valence electrons. The fourth-order valence-corrected chi connectivity index (χ4v) is 2.40. The zero-order valence-electron chi connectivity index (χ0n) is 12.8. The molecule has 2 fully saturated rings. The molecule has 6 heteroatoms. The smallest absolute Gasteiger partial charge is 0.172 e. The predicted molar refractivity (Wildman–Crippen MR) is 73.0 cm³/mol. The summed E-state index contributed by atoms with van der Waals surface area (Å²) in [5, 5.41) is 10.2. The summed E-state index contributed by atoms with van der Waals surface area (Å²) in [6.45, 7) is 9.41. The van der Waals surface area contributed by atoms with E-state index in [2.05, 4.69) is 13.8 Å². The third kappa shape index (κ3) is 4.13. The first-order valence-electron chi connectivity index (χ1n) is 7.17. The summed E-state index contributed by atoms with van der Waals surface area (Å²) in [4.78, 5) is 0. The molecular weight excluding hydrogens is 262 g/mol. The molecular formula is C14H27NO5. The summed E-state index contributed by atoms with van der Waals surface area (Å²) in [6, 6.07) is -0.381. The topological polar surface area (TPSA) is 83.2 Å². The van der Waals surface area contributed by atoms with Gasteiger partial charge in [0.05, 0.1) is 32.0 Å². The Hall–Kier alpha value is -0.240. The highest BCUT2D eigenvalue weighted by Crippen LogP contribution is 2.28. The first-order chi connectivity index (χ1) is 9.19. The zero-order valence-corrected chi connectivity index (χ0v) is 12.8. The van der Waals surface area contributed by atoms with Gasteiger partial charge in [-0.15, -0.1) is 0 Å². The van der Waals surface area contributed by atoms with Crippen LogP contribution in [0, 0.1) is 5.41 Å². The van der Waals surface area contributed by atoms with Crippen molar-refractivity contribution in [3.63, 3.8) is 0 Å². The number of ether oxygens (including phenoxy) is 4. The Kier molecular flexibility index (Phi) is 4.73. The molecule has 0 aromatic carbocycles. The lowest BCUT2D eigenvalue weighted by atomic mass is 9.95. The molecule has 0 bridgehead atoms. The third-order valence-corrected chi connectivity index (χ3v) is 3.60. The second kappa shape index (κ2) is 5.87. The molecule has 0 amide bonds. The van der Waals surface area contributed by atoms with E-state index in [4.69, 9.17) is 24.7 Å². The third-order valence-electron chi connectivity index (χ3n) is 3.60. The van der Waals surface area contributed by atoms with Crippen LogP contribution in [0.2, 0.25) is 0 Å². The highest BCUT2D eigenvalue weighted by atomic mass is 16.7. The summed E-state index contributed by atoms with van der Waals surface area (Å²) < 4.78 is 22.3. The standard InChI is InChI=1S/C14H27NO5/c1-13(2)7-17-12(18-8-13)9(15)5-10(16)11-6-19-14(3,4)20-11/h9-12,16H,5-8,15H2,1-4H3/t9-,10+,11-/m1/s1. The van der Waals surface area contributed by atoms with Crippen LogP contribution in [-0.4, -0.2) is 55.3 Å². The van der Waals surface area contributed by atoms with Gasteiger partial charge in [0.15, 0.2) is 12.1 Å². The maximum absolute atomic E-state index is 10.2. The van der Waals surface area contributed by atoms with Gasteiger partial charge in [-0.2, -0.15) is 0 Å². The van der Waals surface area contributed by atoms with Crippen molar-refractivity contribution in [3.05, 3.63) is 0 Å². The summed E-state index contributed by atoms with van der Waals surface area (Å²) in [5.41, 5.74) is 6.08. The van der Waals surface area contributed by atoms with Gasteiger partial charge < -0.3 is 29.8 Å². The van der Waals surface area contributed by atoms with E-state index in [1.807, 2.05) is 13.8 Å². The average Bonchev–Trinajstić information content (AvgIpc) is 2.69. The van der Waals surface area contributed by atoms with E-state index in [1.165, 1.54) is 0 Å². The molecule has 2 rings (SSSR count). The van der Waals surface area contributed by atoms with Gasteiger partial charge in [0.2, 0.25) is 0 Å². The minimum Gasteiger partial charge on any atom is -0.390 e. The fraction of sp³-hybridized carbons (Fsp3) is 1.00. The maximum Gasteiger partial charge on any atom is 0.172 e. The molecule has 0 aliphatic carbocycles. The van der Waals surface area contributed by atoms with E-state index >= 15 is 0 Å². The van der Waals surface area contributed by atoms with Crippen molar-refractivity contribution in [2.45, 2.75) is 64.4 Å². The first-order valence-corrected chi connectivity index (χ1v) is 7.17. The van der Waals surface area contributed by atoms with Gasteiger partial charge in [0.1, 0.15) is 6.10 Å². The molecule has 2 aliphatic rings. The molecule has 6 nitrogen and oxygen atoms in total. The van der Waals surface area contributed by atoms with E-state index in [-0.39, 0.29) is 17.6 Å². The minimum absolute atomic E-state index is 0.0151. The van der Waals surface area contributed by atoms with Crippen LogP contribution < -0.4 is 5.73 Å². The van der Waals surface area contributed by atoms with Gasteiger partial charge in [-0.25, -0.2) is 0 Å². The molecule has 3 atom stereocenters. The van der Waals surface area contributed by atoms with E-state index in [0.29, 0.717) is 26.2 Å². The van der Waals surface area contributed by atoms with Gasteiger partial charge in [-0.3, -0.25) is 0 Å². The van der Waals surface area contributed by atoms with Crippen molar-refractivity contribution in [2.24, 2.45) is 11.1 Å². The Morgan fingerprint density at radius 2 is 1.80 bits per heavy atom. The lowest BCUT2D eigenvalue weighted by Gasteiger charge is -2.37. The largest absolute Gasteiger partial charge is 0.390 e. The number of hydrogen-bond donors (Lipinski definition) is 2. The Labute approximate surface area is 120 Å². The van der Waals surface area contributed by atoms with Crippen LogP contribution in [0.25, 0.3) is 0 Å². The number of rotatable bonds is 4. The number of nitrogens with two attached hydrogens (primary N) is 1. The molecule has 3 N–H and O–H groups in total. The van der Waals surface area contributed by atoms with Gasteiger partial charge in [-0.1, -0.05) is 13.8 Å². The highest BCUT2D eigenvalue weighted by molar-refractivity contribution is 4.83. The van der Waals surface area contributed by atoms with E-state index < -0.39 is 18.2 Å². The quantitative estimate of drug-likeness (QED) is 0.789.